The number of esters is 1. The highest BCUT2D eigenvalue weighted by atomic mass is 16.5. The molecule has 3 amide bonds. The van der Waals surface area contributed by atoms with Gasteiger partial charge in [0.25, 0.3) is 0 Å². The molecule has 192 valence electrons. The predicted octanol–water partition coefficient (Wildman–Crippen LogP) is 2.93. The number of alkyl carbamates (subject to hydrolysis) is 1. The van der Waals surface area contributed by atoms with Crippen molar-refractivity contribution in [3.63, 3.8) is 0 Å². The normalized spacial score (nSPS) is 15.6. The van der Waals surface area contributed by atoms with E-state index in [0.717, 1.165) is 11.1 Å². The minimum atomic E-state index is -0.796. The minimum absolute atomic E-state index is 0.0921. The Bertz CT molecular complexity index is 1010. The fraction of sp³-hybridized carbons (Fsp3) is 0.407. The van der Waals surface area contributed by atoms with Crippen LogP contribution in [0.1, 0.15) is 43.7 Å². The van der Waals surface area contributed by atoms with Crippen LogP contribution < -0.4 is 10.6 Å². The van der Waals surface area contributed by atoms with E-state index in [1.807, 2.05) is 67.6 Å². The van der Waals surface area contributed by atoms with Crippen molar-refractivity contribution in [2.24, 2.45) is 0 Å². The second kappa shape index (κ2) is 13.9. The molecule has 0 spiro atoms. The number of amides is 3. The number of ether oxygens (including phenoxy) is 2. The van der Waals surface area contributed by atoms with Crippen molar-refractivity contribution < 1.29 is 28.7 Å². The van der Waals surface area contributed by atoms with E-state index < -0.39 is 30.1 Å². The van der Waals surface area contributed by atoms with Gasteiger partial charge in [-0.2, -0.15) is 0 Å². The lowest BCUT2D eigenvalue weighted by atomic mass is 10.1. The fourth-order valence-corrected chi connectivity index (χ4v) is 4.00. The molecule has 1 aliphatic heterocycles. The van der Waals surface area contributed by atoms with E-state index in [1.54, 1.807) is 0 Å². The molecule has 0 bridgehead atoms. The molecular weight excluding hydrogens is 462 g/mol. The fourth-order valence-electron chi connectivity index (χ4n) is 4.00. The third-order valence-corrected chi connectivity index (χ3v) is 5.87. The maximum Gasteiger partial charge on any atom is 0.407 e. The van der Waals surface area contributed by atoms with Crippen LogP contribution in [0, 0.1) is 0 Å². The predicted molar refractivity (Wildman–Crippen MR) is 132 cm³/mol. The van der Waals surface area contributed by atoms with Crippen LogP contribution in [0.25, 0.3) is 0 Å². The molecule has 9 nitrogen and oxygen atoms in total. The molecule has 2 N–H and O–H groups in total. The van der Waals surface area contributed by atoms with Gasteiger partial charge in [-0.3, -0.25) is 9.59 Å². The zero-order chi connectivity index (χ0) is 25.8. The van der Waals surface area contributed by atoms with Crippen molar-refractivity contribution in [2.75, 3.05) is 13.1 Å². The van der Waals surface area contributed by atoms with Gasteiger partial charge in [-0.05, 0) is 30.4 Å². The molecule has 2 atom stereocenters. The Hall–Kier alpha value is -3.88. The number of rotatable bonds is 11. The van der Waals surface area contributed by atoms with Crippen LogP contribution in [-0.4, -0.2) is 54.0 Å². The second-order valence-electron chi connectivity index (χ2n) is 8.60. The first-order valence-electron chi connectivity index (χ1n) is 12.2. The molecule has 0 saturated carbocycles. The van der Waals surface area contributed by atoms with Gasteiger partial charge in [0.05, 0.1) is 0 Å². The van der Waals surface area contributed by atoms with Gasteiger partial charge in [0.2, 0.25) is 11.8 Å². The van der Waals surface area contributed by atoms with E-state index in [0.29, 0.717) is 32.2 Å². The summed E-state index contributed by atoms with van der Waals surface area (Å²) in [5.74, 6) is -1.29. The van der Waals surface area contributed by atoms with Crippen LogP contribution in [0.5, 0.6) is 0 Å². The van der Waals surface area contributed by atoms with E-state index in [2.05, 4.69) is 10.6 Å². The van der Waals surface area contributed by atoms with Crippen molar-refractivity contribution >= 4 is 23.9 Å². The molecule has 1 saturated heterocycles. The molecule has 2 aromatic carbocycles. The average molecular weight is 496 g/mol. The zero-order valence-corrected chi connectivity index (χ0v) is 20.5. The monoisotopic (exact) mass is 495 g/mol. The number of carbonyl (C=O) groups excluding carboxylic acids is 4. The molecule has 3 rings (SSSR count). The first-order chi connectivity index (χ1) is 17.5. The van der Waals surface area contributed by atoms with Gasteiger partial charge in [-0.15, -0.1) is 0 Å². The van der Waals surface area contributed by atoms with Crippen molar-refractivity contribution in [1.82, 2.24) is 15.5 Å². The van der Waals surface area contributed by atoms with Gasteiger partial charge < -0.3 is 25.0 Å². The SMILES string of the molecule is CCC[C@H](NC(=O)[C@@H]1CCCN1C(=O)CNC(=O)OCc1ccccc1)C(=O)OCc1ccccc1. The topological polar surface area (TPSA) is 114 Å². The van der Waals surface area contributed by atoms with Gasteiger partial charge >= 0.3 is 12.1 Å². The van der Waals surface area contributed by atoms with Crippen LogP contribution in [0.3, 0.4) is 0 Å². The van der Waals surface area contributed by atoms with Crippen molar-refractivity contribution in [2.45, 2.75) is 57.9 Å². The Labute approximate surface area is 211 Å². The Balaban J connectivity index is 1.47. The number of carbonyl (C=O) groups is 4. The second-order valence-corrected chi connectivity index (χ2v) is 8.60. The van der Waals surface area contributed by atoms with Crippen molar-refractivity contribution in [3.8, 4) is 0 Å². The molecule has 1 fully saturated rings. The molecular formula is C27H33N3O6. The van der Waals surface area contributed by atoms with Gasteiger partial charge in [-0.25, -0.2) is 9.59 Å². The summed E-state index contributed by atoms with van der Waals surface area (Å²) in [5, 5.41) is 5.21. The summed E-state index contributed by atoms with van der Waals surface area (Å²) in [6, 6.07) is 17.0. The molecule has 0 unspecified atom stereocenters. The molecule has 0 radical (unpaired) electrons. The first kappa shape index (κ1) is 26.7. The van der Waals surface area contributed by atoms with E-state index >= 15 is 0 Å². The summed E-state index contributed by atoms with van der Waals surface area (Å²) in [7, 11) is 0. The van der Waals surface area contributed by atoms with Crippen molar-refractivity contribution in [1.29, 1.82) is 0 Å². The van der Waals surface area contributed by atoms with Gasteiger partial charge in [-0.1, -0.05) is 74.0 Å². The molecule has 9 heteroatoms. The zero-order valence-electron chi connectivity index (χ0n) is 20.5. The lowest BCUT2D eigenvalue weighted by molar-refractivity contribution is -0.150. The number of likely N-dealkylation sites (tertiary alicyclic amines) is 1. The third-order valence-electron chi connectivity index (χ3n) is 5.87. The highest BCUT2D eigenvalue weighted by molar-refractivity contribution is 5.92. The van der Waals surface area contributed by atoms with Gasteiger partial charge in [0, 0.05) is 6.54 Å². The van der Waals surface area contributed by atoms with Gasteiger partial charge in [0.1, 0.15) is 31.8 Å². The lowest BCUT2D eigenvalue weighted by Crippen LogP contribution is -2.52. The van der Waals surface area contributed by atoms with Crippen LogP contribution in [0.2, 0.25) is 0 Å². The van der Waals surface area contributed by atoms with E-state index in [-0.39, 0.29) is 25.7 Å². The summed E-state index contributed by atoms with van der Waals surface area (Å²) in [6.07, 6.45) is 1.52. The van der Waals surface area contributed by atoms with E-state index in [4.69, 9.17) is 9.47 Å². The molecule has 0 aromatic heterocycles. The summed E-state index contributed by atoms with van der Waals surface area (Å²) in [5.41, 5.74) is 1.69. The largest absolute Gasteiger partial charge is 0.459 e. The van der Waals surface area contributed by atoms with Crippen LogP contribution >= 0.6 is 0 Å². The highest BCUT2D eigenvalue weighted by Gasteiger charge is 2.36. The highest BCUT2D eigenvalue weighted by Crippen LogP contribution is 2.18. The molecule has 2 aromatic rings. The molecule has 36 heavy (non-hydrogen) atoms. The van der Waals surface area contributed by atoms with Crippen LogP contribution in [0.15, 0.2) is 60.7 Å². The summed E-state index contributed by atoms with van der Waals surface area (Å²) >= 11 is 0. The number of hydrogen-bond donors (Lipinski definition) is 2. The maximum absolute atomic E-state index is 13.0. The number of hydrogen-bond acceptors (Lipinski definition) is 6. The molecule has 1 heterocycles. The standard InChI is InChI=1S/C27H33N3O6/c1-2-10-22(26(33)35-18-20-11-5-3-6-12-20)29-25(32)23-15-9-16-30(23)24(31)17-28-27(34)36-19-21-13-7-4-8-14-21/h3-8,11-14,22-23H,2,9-10,15-19H2,1H3,(H,28,34)(H,29,32)/t22-,23-/m0/s1. The molecule has 1 aliphatic rings. The average Bonchev–Trinajstić information content (AvgIpc) is 3.40. The summed E-state index contributed by atoms with van der Waals surface area (Å²) in [4.78, 5) is 51.8. The maximum atomic E-state index is 13.0. The van der Waals surface area contributed by atoms with Crippen LogP contribution in [-0.2, 0) is 37.1 Å². The number of nitrogens with zero attached hydrogens (tertiary/aromatic N) is 1. The van der Waals surface area contributed by atoms with Crippen LogP contribution in [0.4, 0.5) is 4.79 Å². The van der Waals surface area contributed by atoms with E-state index in [9.17, 15) is 19.2 Å². The van der Waals surface area contributed by atoms with E-state index in [1.165, 1.54) is 4.90 Å². The minimum Gasteiger partial charge on any atom is -0.459 e. The lowest BCUT2D eigenvalue weighted by Gasteiger charge is -2.26. The third kappa shape index (κ3) is 8.11. The van der Waals surface area contributed by atoms with Gasteiger partial charge in [0.15, 0.2) is 0 Å². The summed E-state index contributed by atoms with van der Waals surface area (Å²) in [6.45, 7) is 2.24. The quantitative estimate of drug-likeness (QED) is 0.464. The number of benzene rings is 2. The summed E-state index contributed by atoms with van der Waals surface area (Å²) < 4.78 is 10.5. The number of nitrogens with one attached hydrogen (secondary N) is 2. The Morgan fingerprint density at radius 2 is 1.56 bits per heavy atom. The first-order valence-corrected chi connectivity index (χ1v) is 12.2. The molecule has 0 aliphatic carbocycles. The Morgan fingerprint density at radius 3 is 2.17 bits per heavy atom. The Kier molecular flexibility index (Phi) is 10.3. The smallest absolute Gasteiger partial charge is 0.407 e. The van der Waals surface area contributed by atoms with Crippen molar-refractivity contribution in [3.05, 3.63) is 71.8 Å². The Morgan fingerprint density at radius 1 is 0.944 bits per heavy atom.